The second-order valence-electron chi connectivity index (χ2n) is 3.72. The highest BCUT2D eigenvalue weighted by atomic mass is 19.4. The first-order valence-electron chi connectivity index (χ1n) is 5.06. The van der Waals surface area contributed by atoms with E-state index in [-0.39, 0.29) is 5.56 Å². The van der Waals surface area contributed by atoms with Gasteiger partial charge in [-0.3, -0.25) is 9.59 Å². The van der Waals surface area contributed by atoms with Gasteiger partial charge in [0, 0.05) is 6.92 Å². The first-order chi connectivity index (χ1) is 8.21. The smallest absolute Gasteiger partial charge is 0.416 e. The summed E-state index contributed by atoms with van der Waals surface area (Å²) < 4.78 is 41.8. The number of esters is 1. The molecule has 0 heterocycles. The number of hydrogen-bond donors (Lipinski definition) is 0. The van der Waals surface area contributed by atoms with Crippen LogP contribution in [0.3, 0.4) is 0 Å². The lowest BCUT2D eigenvalue weighted by molar-refractivity contribution is -0.152. The third-order valence-corrected chi connectivity index (χ3v) is 2.19. The average molecular weight is 260 g/mol. The van der Waals surface area contributed by atoms with Crippen molar-refractivity contribution in [1.29, 1.82) is 0 Å². The molecule has 1 aromatic rings. The summed E-state index contributed by atoms with van der Waals surface area (Å²) in [5, 5.41) is 0. The van der Waals surface area contributed by atoms with Crippen LogP contribution < -0.4 is 0 Å². The molecule has 0 unspecified atom stereocenters. The number of carbonyl (C=O) groups is 2. The van der Waals surface area contributed by atoms with E-state index < -0.39 is 29.6 Å². The lowest BCUT2D eigenvalue weighted by Crippen LogP contribution is -2.16. The number of alkyl halides is 3. The Morgan fingerprint density at radius 3 is 1.94 bits per heavy atom. The summed E-state index contributed by atoms with van der Waals surface area (Å²) in [6, 6.07) is 3.93. The van der Waals surface area contributed by atoms with Crippen LogP contribution in [-0.2, 0) is 20.5 Å². The van der Waals surface area contributed by atoms with Crippen molar-refractivity contribution >= 4 is 11.8 Å². The molecular formula is C12H11F3O3. The van der Waals surface area contributed by atoms with Gasteiger partial charge in [-0.15, -0.1) is 0 Å². The highest BCUT2D eigenvalue weighted by Crippen LogP contribution is 2.30. The summed E-state index contributed by atoms with van der Waals surface area (Å²) in [7, 11) is 0. The number of carbonyl (C=O) groups excluding carboxylic acids is 2. The van der Waals surface area contributed by atoms with Crippen molar-refractivity contribution in [2.45, 2.75) is 26.1 Å². The maximum atomic E-state index is 12.3. The molecule has 0 aliphatic carbocycles. The molecule has 0 aliphatic rings. The Bertz CT molecular complexity index is 449. The Morgan fingerprint density at radius 1 is 1.11 bits per heavy atom. The molecule has 0 N–H and O–H groups in total. The lowest BCUT2D eigenvalue weighted by Gasteiger charge is -2.15. The standard InChI is InChI=1S/C12H11F3O3/c1-7(16)11(18-8(2)17)9-3-5-10(6-4-9)12(13,14)15/h3-6,11H,1-2H3/t11-/m0/s1. The molecule has 0 radical (unpaired) electrons. The van der Waals surface area contributed by atoms with Gasteiger partial charge in [-0.25, -0.2) is 0 Å². The predicted octanol–water partition coefficient (Wildman–Crippen LogP) is 2.90. The molecular weight excluding hydrogens is 249 g/mol. The van der Waals surface area contributed by atoms with E-state index in [9.17, 15) is 22.8 Å². The van der Waals surface area contributed by atoms with Crippen LogP contribution in [0.2, 0.25) is 0 Å². The summed E-state index contributed by atoms with van der Waals surface area (Å²) in [4.78, 5) is 22.1. The van der Waals surface area contributed by atoms with E-state index in [2.05, 4.69) is 0 Å². The van der Waals surface area contributed by atoms with Crippen molar-refractivity contribution in [3.8, 4) is 0 Å². The molecule has 1 rings (SSSR count). The number of Topliss-reactive ketones (excluding diaryl/α,β-unsaturated/α-hetero) is 1. The van der Waals surface area contributed by atoms with Crippen LogP contribution in [0.25, 0.3) is 0 Å². The van der Waals surface area contributed by atoms with E-state index in [1.165, 1.54) is 6.92 Å². The first-order valence-corrected chi connectivity index (χ1v) is 5.06. The summed E-state index contributed by atoms with van der Waals surface area (Å²) in [6.07, 6.45) is -5.60. The zero-order valence-corrected chi connectivity index (χ0v) is 9.75. The molecule has 18 heavy (non-hydrogen) atoms. The van der Waals surface area contributed by atoms with Gasteiger partial charge in [0.15, 0.2) is 11.9 Å². The number of ether oxygens (including phenoxy) is 1. The Morgan fingerprint density at radius 2 is 1.61 bits per heavy atom. The van der Waals surface area contributed by atoms with E-state index in [1.807, 2.05) is 0 Å². The fraction of sp³-hybridized carbons (Fsp3) is 0.333. The largest absolute Gasteiger partial charge is 0.450 e. The highest BCUT2D eigenvalue weighted by molar-refractivity contribution is 5.84. The fourth-order valence-electron chi connectivity index (χ4n) is 1.40. The first kappa shape index (κ1) is 14.2. The molecule has 0 bridgehead atoms. The maximum Gasteiger partial charge on any atom is 0.416 e. The minimum atomic E-state index is -4.44. The molecule has 0 aliphatic heterocycles. The quantitative estimate of drug-likeness (QED) is 0.785. The molecule has 98 valence electrons. The van der Waals surface area contributed by atoms with Crippen molar-refractivity contribution in [3.63, 3.8) is 0 Å². The highest BCUT2D eigenvalue weighted by Gasteiger charge is 2.30. The Hall–Kier alpha value is -1.85. The zero-order chi connectivity index (χ0) is 13.9. The monoisotopic (exact) mass is 260 g/mol. The molecule has 3 nitrogen and oxygen atoms in total. The van der Waals surface area contributed by atoms with Crippen molar-refractivity contribution in [2.24, 2.45) is 0 Å². The second-order valence-corrected chi connectivity index (χ2v) is 3.72. The Labute approximate surface area is 102 Å². The molecule has 0 fully saturated rings. The minimum absolute atomic E-state index is 0.214. The van der Waals surface area contributed by atoms with Crippen molar-refractivity contribution in [2.75, 3.05) is 0 Å². The van der Waals surface area contributed by atoms with Crippen LogP contribution in [0.4, 0.5) is 13.2 Å². The number of ketones is 1. The van der Waals surface area contributed by atoms with Gasteiger partial charge in [-0.05, 0) is 24.6 Å². The summed E-state index contributed by atoms with van der Waals surface area (Å²) in [6.45, 7) is 2.32. The second kappa shape index (κ2) is 5.20. The van der Waals surface area contributed by atoms with Crippen LogP contribution in [-0.4, -0.2) is 11.8 Å². The molecule has 6 heteroatoms. The molecule has 0 saturated heterocycles. The van der Waals surface area contributed by atoms with Gasteiger partial charge in [0.1, 0.15) is 0 Å². The summed E-state index contributed by atoms with van der Waals surface area (Å²) >= 11 is 0. The molecule has 0 saturated carbocycles. The number of halogens is 3. The summed E-state index contributed by atoms with van der Waals surface area (Å²) in [5.41, 5.74) is -0.609. The molecule has 1 aromatic carbocycles. The van der Waals surface area contributed by atoms with E-state index >= 15 is 0 Å². The zero-order valence-electron chi connectivity index (χ0n) is 9.75. The third-order valence-electron chi connectivity index (χ3n) is 2.19. The predicted molar refractivity (Wildman–Crippen MR) is 56.6 cm³/mol. The van der Waals surface area contributed by atoms with Gasteiger partial charge in [-0.1, -0.05) is 12.1 Å². The number of benzene rings is 1. The van der Waals surface area contributed by atoms with E-state index in [4.69, 9.17) is 4.74 Å². The van der Waals surface area contributed by atoms with Gasteiger partial charge in [-0.2, -0.15) is 13.2 Å². The summed E-state index contributed by atoms with van der Waals surface area (Å²) in [5.74, 6) is -1.12. The maximum absolute atomic E-state index is 12.3. The van der Waals surface area contributed by atoms with Gasteiger partial charge in [0.25, 0.3) is 0 Å². The van der Waals surface area contributed by atoms with Gasteiger partial charge in [0.05, 0.1) is 5.56 Å². The van der Waals surface area contributed by atoms with Crippen LogP contribution in [0.15, 0.2) is 24.3 Å². The van der Waals surface area contributed by atoms with Crippen LogP contribution in [0.1, 0.15) is 31.1 Å². The average Bonchev–Trinajstić information content (AvgIpc) is 2.24. The van der Waals surface area contributed by atoms with Gasteiger partial charge in [0.2, 0.25) is 0 Å². The topological polar surface area (TPSA) is 43.4 Å². The van der Waals surface area contributed by atoms with Gasteiger partial charge < -0.3 is 4.74 Å². The lowest BCUT2D eigenvalue weighted by atomic mass is 10.0. The normalized spacial score (nSPS) is 12.9. The molecule has 0 spiro atoms. The fourth-order valence-corrected chi connectivity index (χ4v) is 1.40. The molecule has 1 atom stereocenters. The minimum Gasteiger partial charge on any atom is -0.450 e. The van der Waals surface area contributed by atoms with Crippen LogP contribution >= 0.6 is 0 Å². The van der Waals surface area contributed by atoms with E-state index in [1.54, 1.807) is 0 Å². The van der Waals surface area contributed by atoms with Crippen LogP contribution in [0, 0.1) is 0 Å². The SMILES string of the molecule is CC(=O)O[C@@H](C(C)=O)c1ccc(C(F)(F)F)cc1. The Kier molecular flexibility index (Phi) is 4.11. The number of hydrogen-bond acceptors (Lipinski definition) is 3. The third kappa shape index (κ3) is 3.58. The molecule has 0 aromatic heterocycles. The van der Waals surface area contributed by atoms with Crippen molar-refractivity contribution in [1.82, 2.24) is 0 Å². The Balaban J connectivity index is 3.01. The van der Waals surface area contributed by atoms with Crippen molar-refractivity contribution in [3.05, 3.63) is 35.4 Å². The van der Waals surface area contributed by atoms with Gasteiger partial charge >= 0.3 is 12.1 Å². The van der Waals surface area contributed by atoms with Crippen molar-refractivity contribution < 1.29 is 27.5 Å². The number of rotatable bonds is 3. The molecule has 0 amide bonds. The van der Waals surface area contributed by atoms with E-state index in [0.29, 0.717) is 0 Å². The van der Waals surface area contributed by atoms with E-state index in [0.717, 1.165) is 31.2 Å². The van der Waals surface area contributed by atoms with Crippen LogP contribution in [0.5, 0.6) is 0 Å².